The lowest BCUT2D eigenvalue weighted by Gasteiger charge is -2.06. The number of nitrogens with one attached hydrogen (secondary N) is 2. The van der Waals surface area contributed by atoms with Crippen molar-refractivity contribution in [3.8, 4) is 0 Å². The highest BCUT2D eigenvalue weighted by molar-refractivity contribution is 7.88. The van der Waals surface area contributed by atoms with Gasteiger partial charge in [-0.15, -0.1) is 11.3 Å². The Morgan fingerprint density at radius 1 is 1.14 bits per heavy atom. The van der Waals surface area contributed by atoms with Crippen molar-refractivity contribution in [2.45, 2.75) is 12.3 Å². The van der Waals surface area contributed by atoms with E-state index in [0.29, 0.717) is 21.3 Å². The van der Waals surface area contributed by atoms with Crippen molar-refractivity contribution in [3.05, 3.63) is 56.7 Å². The molecule has 5 nitrogen and oxygen atoms in total. The number of hydrogen-bond acceptors (Lipinski definition) is 4. The van der Waals surface area contributed by atoms with Crippen LogP contribution in [0.5, 0.6) is 0 Å². The van der Waals surface area contributed by atoms with Gasteiger partial charge in [0.1, 0.15) is 0 Å². The fraction of sp³-hybridized carbons (Fsp3) is 0.214. The fourth-order valence-electron chi connectivity index (χ4n) is 1.75. The number of hydrogen-bond donors (Lipinski definition) is 2. The van der Waals surface area contributed by atoms with Crippen molar-refractivity contribution in [1.82, 2.24) is 10.0 Å². The highest BCUT2D eigenvalue weighted by Crippen LogP contribution is 2.21. The number of amides is 1. The van der Waals surface area contributed by atoms with E-state index in [0.717, 1.165) is 5.56 Å². The maximum Gasteiger partial charge on any atom is 0.261 e. The van der Waals surface area contributed by atoms with E-state index in [2.05, 4.69) is 10.0 Å². The molecule has 2 N–H and O–H groups in total. The van der Waals surface area contributed by atoms with Crippen molar-refractivity contribution in [2.24, 2.45) is 0 Å². The Balaban J connectivity index is 1.93. The number of carbonyl (C=O) groups excluding carboxylic acids is 1. The lowest BCUT2D eigenvalue weighted by molar-refractivity contribution is 0.0955. The summed E-state index contributed by atoms with van der Waals surface area (Å²) in [6.07, 6.45) is 0. The first-order valence-electron chi connectivity index (χ1n) is 6.42. The van der Waals surface area contributed by atoms with Gasteiger partial charge in [0, 0.05) is 6.54 Å². The van der Waals surface area contributed by atoms with Crippen LogP contribution in [0.3, 0.4) is 0 Å². The van der Waals surface area contributed by atoms with Crippen LogP contribution in [0.1, 0.15) is 20.8 Å². The van der Waals surface area contributed by atoms with Crippen molar-refractivity contribution >= 4 is 38.9 Å². The van der Waals surface area contributed by atoms with Gasteiger partial charge in [0.15, 0.2) is 0 Å². The third-order valence-electron chi connectivity index (χ3n) is 2.94. The molecule has 0 saturated carbocycles. The van der Waals surface area contributed by atoms with Gasteiger partial charge in [0.05, 0.1) is 15.0 Å². The lowest BCUT2D eigenvalue weighted by Crippen LogP contribution is -2.22. The molecule has 0 radical (unpaired) electrons. The first-order chi connectivity index (χ1) is 10.4. The summed E-state index contributed by atoms with van der Waals surface area (Å²) in [5, 5.41) is 2.79. The van der Waals surface area contributed by atoms with E-state index in [1.165, 1.54) is 18.4 Å². The van der Waals surface area contributed by atoms with Gasteiger partial charge in [-0.05, 0) is 30.3 Å². The Labute approximate surface area is 138 Å². The molecule has 1 aromatic heterocycles. The van der Waals surface area contributed by atoms with E-state index in [1.807, 2.05) is 0 Å². The molecular weight excluding hydrogens is 344 g/mol. The lowest BCUT2D eigenvalue weighted by atomic mass is 10.1. The molecule has 0 fully saturated rings. The Hall–Kier alpha value is -1.41. The highest BCUT2D eigenvalue weighted by atomic mass is 35.5. The number of sulfonamides is 1. The van der Waals surface area contributed by atoms with Gasteiger partial charge in [-0.1, -0.05) is 35.9 Å². The predicted molar refractivity (Wildman–Crippen MR) is 88.6 cm³/mol. The van der Waals surface area contributed by atoms with E-state index in [-0.39, 0.29) is 11.7 Å². The summed E-state index contributed by atoms with van der Waals surface area (Å²) < 4.78 is 25.7. The summed E-state index contributed by atoms with van der Waals surface area (Å²) in [7, 11) is -1.89. The summed E-state index contributed by atoms with van der Waals surface area (Å²) in [5.74, 6) is -0.247. The van der Waals surface area contributed by atoms with E-state index in [9.17, 15) is 13.2 Å². The Morgan fingerprint density at radius 2 is 1.77 bits per heavy atom. The van der Waals surface area contributed by atoms with Crippen molar-refractivity contribution in [2.75, 3.05) is 7.05 Å². The molecule has 1 heterocycles. The fourth-order valence-corrected chi connectivity index (χ4v) is 3.49. The molecule has 0 atom stereocenters. The van der Waals surface area contributed by atoms with Gasteiger partial charge in [-0.3, -0.25) is 4.79 Å². The maximum atomic E-state index is 11.9. The Morgan fingerprint density at radius 3 is 2.32 bits per heavy atom. The molecule has 0 aliphatic carbocycles. The van der Waals surface area contributed by atoms with Crippen molar-refractivity contribution in [1.29, 1.82) is 0 Å². The number of benzene rings is 1. The standard InChI is InChI=1S/C14H15ClN2O3S2/c1-16-22(19,20)9-11-4-2-10(3-5-11)8-17-14(18)12-6-7-13(15)21-12/h2-7,16H,8-9H2,1H3,(H,17,18). The maximum absolute atomic E-state index is 11.9. The molecule has 0 aliphatic heterocycles. The number of carbonyl (C=O) groups is 1. The molecule has 22 heavy (non-hydrogen) atoms. The van der Waals surface area contributed by atoms with Gasteiger partial charge >= 0.3 is 0 Å². The number of thiophene rings is 1. The van der Waals surface area contributed by atoms with Crippen LogP contribution in [-0.4, -0.2) is 21.4 Å². The van der Waals surface area contributed by atoms with Crippen LogP contribution in [-0.2, 0) is 22.3 Å². The first-order valence-corrected chi connectivity index (χ1v) is 9.27. The second-order valence-corrected chi connectivity index (χ2v) is 8.21. The van der Waals surface area contributed by atoms with E-state index in [4.69, 9.17) is 11.6 Å². The van der Waals surface area contributed by atoms with E-state index >= 15 is 0 Å². The van der Waals surface area contributed by atoms with Gasteiger partial charge in [0.2, 0.25) is 10.0 Å². The van der Waals surface area contributed by atoms with Crippen LogP contribution in [0, 0.1) is 0 Å². The smallest absolute Gasteiger partial charge is 0.261 e. The predicted octanol–water partition coefficient (Wildman–Crippen LogP) is 2.38. The summed E-state index contributed by atoms with van der Waals surface area (Å²) in [5.41, 5.74) is 1.58. The largest absolute Gasteiger partial charge is 0.347 e. The summed E-state index contributed by atoms with van der Waals surface area (Å²) >= 11 is 7.01. The molecule has 2 aromatic rings. The summed E-state index contributed by atoms with van der Waals surface area (Å²) in [4.78, 5) is 12.4. The topological polar surface area (TPSA) is 75.3 Å². The van der Waals surface area contributed by atoms with Crippen molar-refractivity contribution < 1.29 is 13.2 Å². The normalized spacial score (nSPS) is 11.4. The number of rotatable bonds is 6. The van der Waals surface area contributed by atoms with E-state index in [1.54, 1.807) is 36.4 Å². The van der Waals surface area contributed by atoms with Crippen LogP contribution in [0.25, 0.3) is 0 Å². The minimum absolute atomic E-state index is 0.0656. The third-order valence-corrected chi connectivity index (χ3v) is 5.51. The SMILES string of the molecule is CNS(=O)(=O)Cc1ccc(CNC(=O)c2ccc(Cl)s2)cc1. The second-order valence-electron chi connectivity index (χ2n) is 4.57. The second kappa shape index (κ2) is 7.23. The van der Waals surface area contributed by atoms with Gasteiger partial charge in [-0.2, -0.15) is 0 Å². The van der Waals surface area contributed by atoms with Crippen LogP contribution >= 0.6 is 22.9 Å². The Bertz CT molecular complexity index is 755. The molecule has 1 amide bonds. The van der Waals surface area contributed by atoms with Gasteiger partial charge in [-0.25, -0.2) is 13.1 Å². The summed E-state index contributed by atoms with van der Waals surface area (Å²) in [6.45, 7) is 0.368. The molecule has 2 rings (SSSR count). The average molecular weight is 359 g/mol. The van der Waals surface area contributed by atoms with Crippen LogP contribution in [0.15, 0.2) is 36.4 Å². The summed E-state index contributed by atoms with van der Waals surface area (Å²) in [6, 6.07) is 10.4. The molecular formula is C14H15ClN2O3S2. The zero-order chi connectivity index (χ0) is 16.2. The third kappa shape index (κ3) is 4.81. The molecule has 0 spiro atoms. The molecule has 0 unspecified atom stereocenters. The highest BCUT2D eigenvalue weighted by Gasteiger charge is 2.10. The van der Waals surface area contributed by atoms with Crippen LogP contribution in [0.4, 0.5) is 0 Å². The van der Waals surface area contributed by atoms with Gasteiger partial charge < -0.3 is 5.32 Å². The first kappa shape index (κ1) is 17.0. The Kier molecular flexibility index (Phi) is 5.57. The minimum atomic E-state index is -3.28. The van der Waals surface area contributed by atoms with E-state index < -0.39 is 10.0 Å². The minimum Gasteiger partial charge on any atom is -0.347 e. The number of halogens is 1. The molecule has 118 valence electrons. The molecule has 0 bridgehead atoms. The average Bonchev–Trinajstić information content (AvgIpc) is 2.92. The zero-order valence-corrected chi connectivity index (χ0v) is 14.2. The molecule has 1 aromatic carbocycles. The van der Waals surface area contributed by atoms with Crippen molar-refractivity contribution in [3.63, 3.8) is 0 Å². The zero-order valence-electron chi connectivity index (χ0n) is 11.8. The van der Waals surface area contributed by atoms with Gasteiger partial charge in [0.25, 0.3) is 5.91 Å². The molecule has 8 heteroatoms. The molecule has 0 saturated heterocycles. The van der Waals surface area contributed by atoms with Crippen LogP contribution < -0.4 is 10.0 Å². The molecule has 0 aliphatic rings. The van der Waals surface area contributed by atoms with Crippen LogP contribution in [0.2, 0.25) is 4.34 Å². The monoisotopic (exact) mass is 358 g/mol. The quantitative estimate of drug-likeness (QED) is 0.832.